The summed E-state index contributed by atoms with van der Waals surface area (Å²) in [5, 5.41) is 0. The van der Waals surface area contributed by atoms with Gasteiger partial charge in [-0.3, -0.25) is 0 Å². The average Bonchev–Trinajstić information content (AvgIpc) is 2.94. The van der Waals surface area contributed by atoms with Crippen LogP contribution in [0.25, 0.3) is 12.2 Å². The van der Waals surface area contributed by atoms with Crippen LogP contribution in [-0.2, 0) is 9.53 Å². The van der Waals surface area contributed by atoms with E-state index in [2.05, 4.69) is 4.99 Å². The summed E-state index contributed by atoms with van der Waals surface area (Å²) in [5.74, 6) is 0.561. The van der Waals surface area contributed by atoms with E-state index in [0.717, 1.165) is 16.9 Å². The summed E-state index contributed by atoms with van der Waals surface area (Å²) in [4.78, 5) is 16.1. The molecular formula is C19H15NO3. The number of carbonyl (C=O) groups excluding carboxylic acids is 1. The highest BCUT2D eigenvalue weighted by molar-refractivity contribution is 6.11. The van der Waals surface area contributed by atoms with Gasteiger partial charge in [-0.2, -0.15) is 0 Å². The van der Waals surface area contributed by atoms with Gasteiger partial charge in [0.2, 0.25) is 5.90 Å². The molecule has 4 nitrogen and oxygen atoms in total. The van der Waals surface area contributed by atoms with Crippen LogP contribution in [0, 0.1) is 0 Å². The number of carbonyl (C=O) groups is 1. The molecule has 0 bridgehead atoms. The van der Waals surface area contributed by atoms with Crippen LogP contribution in [0.2, 0.25) is 0 Å². The predicted octanol–water partition coefficient (Wildman–Crippen LogP) is 3.70. The number of methoxy groups -OCH3 is 1. The second-order valence-electron chi connectivity index (χ2n) is 4.86. The first-order valence-corrected chi connectivity index (χ1v) is 7.15. The molecular weight excluding hydrogens is 290 g/mol. The van der Waals surface area contributed by atoms with Gasteiger partial charge in [-0.25, -0.2) is 9.79 Å². The van der Waals surface area contributed by atoms with Gasteiger partial charge in [0.15, 0.2) is 5.70 Å². The largest absolute Gasteiger partial charge is 0.496 e. The Labute approximate surface area is 134 Å². The van der Waals surface area contributed by atoms with Crippen molar-refractivity contribution in [1.29, 1.82) is 0 Å². The number of hydrogen-bond acceptors (Lipinski definition) is 4. The van der Waals surface area contributed by atoms with Crippen molar-refractivity contribution in [2.45, 2.75) is 0 Å². The van der Waals surface area contributed by atoms with Gasteiger partial charge in [0.05, 0.1) is 7.11 Å². The molecule has 1 aliphatic rings. The zero-order valence-electron chi connectivity index (χ0n) is 12.6. The second kappa shape index (κ2) is 6.75. The van der Waals surface area contributed by atoms with Gasteiger partial charge >= 0.3 is 5.97 Å². The normalized spacial score (nSPS) is 15.8. The van der Waals surface area contributed by atoms with E-state index in [1.54, 1.807) is 25.3 Å². The molecule has 0 spiro atoms. The van der Waals surface area contributed by atoms with Gasteiger partial charge < -0.3 is 9.47 Å². The molecule has 0 saturated carbocycles. The third-order valence-electron chi connectivity index (χ3n) is 3.28. The summed E-state index contributed by atoms with van der Waals surface area (Å²) < 4.78 is 10.4. The summed E-state index contributed by atoms with van der Waals surface area (Å²) in [6, 6.07) is 17.1. The summed E-state index contributed by atoms with van der Waals surface area (Å²) in [6.07, 6.45) is 5.16. The Balaban J connectivity index is 1.82. The number of para-hydroxylation sites is 1. The quantitative estimate of drug-likeness (QED) is 0.639. The first-order valence-electron chi connectivity index (χ1n) is 7.15. The summed E-state index contributed by atoms with van der Waals surface area (Å²) >= 11 is 0. The van der Waals surface area contributed by atoms with Crippen molar-refractivity contribution in [3.63, 3.8) is 0 Å². The predicted molar refractivity (Wildman–Crippen MR) is 90.0 cm³/mol. The highest BCUT2D eigenvalue weighted by Crippen LogP contribution is 2.20. The van der Waals surface area contributed by atoms with Crippen molar-refractivity contribution in [1.82, 2.24) is 0 Å². The lowest BCUT2D eigenvalue weighted by atomic mass is 10.2. The number of nitrogens with zero attached hydrogens (tertiary/aromatic N) is 1. The lowest BCUT2D eigenvalue weighted by Crippen LogP contribution is -2.01. The third kappa shape index (κ3) is 3.55. The van der Waals surface area contributed by atoms with Gasteiger partial charge in [0.25, 0.3) is 0 Å². The minimum Gasteiger partial charge on any atom is -0.496 e. The smallest absolute Gasteiger partial charge is 0.363 e. The fourth-order valence-corrected chi connectivity index (χ4v) is 2.17. The first kappa shape index (κ1) is 14.8. The number of cyclic esters (lactones) is 1. The maximum Gasteiger partial charge on any atom is 0.363 e. The van der Waals surface area contributed by atoms with Gasteiger partial charge in [0.1, 0.15) is 5.75 Å². The Bertz CT molecular complexity index is 804. The van der Waals surface area contributed by atoms with Crippen molar-refractivity contribution >= 4 is 24.0 Å². The van der Waals surface area contributed by atoms with Crippen LogP contribution in [0.15, 0.2) is 71.4 Å². The average molecular weight is 305 g/mol. The van der Waals surface area contributed by atoms with E-state index in [1.807, 2.05) is 54.6 Å². The Kier molecular flexibility index (Phi) is 4.34. The number of aliphatic imine (C=N–C) groups is 1. The monoisotopic (exact) mass is 305 g/mol. The van der Waals surface area contributed by atoms with Gasteiger partial charge in [-0.1, -0.05) is 48.5 Å². The molecule has 1 aliphatic heterocycles. The molecule has 23 heavy (non-hydrogen) atoms. The number of benzene rings is 2. The summed E-state index contributed by atoms with van der Waals surface area (Å²) in [6.45, 7) is 0. The van der Waals surface area contributed by atoms with E-state index in [1.165, 1.54) is 0 Å². The lowest BCUT2D eigenvalue weighted by molar-refractivity contribution is -0.129. The van der Waals surface area contributed by atoms with E-state index in [4.69, 9.17) is 9.47 Å². The molecule has 3 rings (SSSR count). The molecule has 4 heteroatoms. The molecule has 0 N–H and O–H groups in total. The zero-order chi connectivity index (χ0) is 16.1. The van der Waals surface area contributed by atoms with Crippen molar-refractivity contribution in [2.24, 2.45) is 4.99 Å². The fourth-order valence-electron chi connectivity index (χ4n) is 2.17. The van der Waals surface area contributed by atoms with Crippen LogP contribution in [-0.4, -0.2) is 19.0 Å². The third-order valence-corrected chi connectivity index (χ3v) is 3.28. The Morgan fingerprint density at radius 1 is 1.00 bits per heavy atom. The lowest BCUT2D eigenvalue weighted by Gasteiger charge is -2.02. The molecule has 1 heterocycles. The summed E-state index contributed by atoms with van der Waals surface area (Å²) in [7, 11) is 1.61. The van der Waals surface area contributed by atoms with Crippen LogP contribution < -0.4 is 4.74 Å². The van der Waals surface area contributed by atoms with E-state index >= 15 is 0 Å². The van der Waals surface area contributed by atoms with Gasteiger partial charge in [-0.15, -0.1) is 0 Å². The topological polar surface area (TPSA) is 47.9 Å². The van der Waals surface area contributed by atoms with E-state index < -0.39 is 5.97 Å². The van der Waals surface area contributed by atoms with Crippen LogP contribution >= 0.6 is 0 Å². The Morgan fingerprint density at radius 3 is 2.52 bits per heavy atom. The first-order chi connectivity index (χ1) is 11.3. The van der Waals surface area contributed by atoms with Crippen LogP contribution in [0.1, 0.15) is 11.1 Å². The van der Waals surface area contributed by atoms with Crippen LogP contribution in [0.4, 0.5) is 0 Å². The van der Waals surface area contributed by atoms with Crippen molar-refractivity contribution in [3.8, 4) is 5.75 Å². The minimum absolute atomic E-state index is 0.267. The van der Waals surface area contributed by atoms with Crippen LogP contribution in [0.3, 0.4) is 0 Å². The molecule has 0 radical (unpaired) electrons. The molecule has 0 saturated heterocycles. The molecule has 0 amide bonds. The molecule has 0 fully saturated rings. The molecule has 2 aromatic carbocycles. The van der Waals surface area contributed by atoms with E-state index in [-0.39, 0.29) is 11.6 Å². The maximum atomic E-state index is 11.9. The van der Waals surface area contributed by atoms with Crippen molar-refractivity contribution in [2.75, 3.05) is 7.11 Å². The van der Waals surface area contributed by atoms with Gasteiger partial charge in [-0.05, 0) is 23.8 Å². The molecule has 0 unspecified atom stereocenters. The SMILES string of the molecule is COc1ccccc1C=CC1=NC(=Cc2ccccc2)C(=O)O1. The van der Waals surface area contributed by atoms with Gasteiger partial charge in [0, 0.05) is 11.6 Å². The molecule has 0 aromatic heterocycles. The minimum atomic E-state index is -0.450. The van der Waals surface area contributed by atoms with Crippen molar-refractivity contribution < 1.29 is 14.3 Å². The van der Waals surface area contributed by atoms with Crippen LogP contribution in [0.5, 0.6) is 5.75 Å². The maximum absolute atomic E-state index is 11.9. The highest BCUT2D eigenvalue weighted by atomic mass is 16.6. The number of rotatable bonds is 4. The summed E-state index contributed by atoms with van der Waals surface area (Å²) in [5.41, 5.74) is 2.07. The molecule has 2 aromatic rings. The number of ether oxygens (including phenoxy) is 2. The molecule has 114 valence electrons. The Morgan fingerprint density at radius 2 is 1.74 bits per heavy atom. The highest BCUT2D eigenvalue weighted by Gasteiger charge is 2.21. The van der Waals surface area contributed by atoms with E-state index in [9.17, 15) is 4.79 Å². The standard InChI is InChI=1S/C19H15NO3/c1-22-17-10-6-5-9-15(17)11-12-18-20-16(19(21)23-18)13-14-7-3-2-4-8-14/h2-13H,1H3. The van der Waals surface area contributed by atoms with E-state index in [0.29, 0.717) is 0 Å². The Hall–Kier alpha value is -3.14. The van der Waals surface area contributed by atoms with Crippen molar-refractivity contribution in [3.05, 3.63) is 77.5 Å². The zero-order valence-corrected chi connectivity index (χ0v) is 12.6. The fraction of sp³-hybridized carbons (Fsp3) is 0.0526. The number of esters is 1. The molecule has 0 aliphatic carbocycles. The second-order valence-corrected chi connectivity index (χ2v) is 4.86. The number of hydrogen-bond donors (Lipinski definition) is 0. The molecule has 0 atom stereocenters.